The van der Waals surface area contributed by atoms with Crippen molar-refractivity contribution >= 4 is 17.5 Å². The van der Waals surface area contributed by atoms with E-state index in [0.717, 1.165) is 0 Å². The molecule has 0 saturated heterocycles. The Morgan fingerprint density at radius 3 is 2.45 bits per heavy atom. The maximum atomic E-state index is 13.6. The number of carbonyl (C=O) groups excluding carboxylic acids is 1. The number of hydrogen-bond acceptors (Lipinski definition) is 1. The van der Waals surface area contributed by atoms with E-state index in [1.54, 1.807) is 6.92 Å². The van der Waals surface area contributed by atoms with Crippen LogP contribution in [0.3, 0.4) is 0 Å². The van der Waals surface area contributed by atoms with E-state index in [1.807, 2.05) is 0 Å². The van der Waals surface area contributed by atoms with Crippen molar-refractivity contribution in [3.05, 3.63) is 35.1 Å². The number of rotatable bonds is 5. The summed E-state index contributed by atoms with van der Waals surface area (Å²) in [6.45, 7) is 2.27. The maximum absolute atomic E-state index is 13.6. The molecule has 0 radical (unpaired) electrons. The molecule has 0 atom stereocenters. The lowest BCUT2D eigenvalue weighted by atomic mass is 10.1. The van der Waals surface area contributed by atoms with E-state index in [0.29, 0.717) is 31.2 Å². The van der Waals surface area contributed by atoms with Gasteiger partial charge in [-0.2, -0.15) is 13.2 Å². The Bertz CT molecular complexity index is 470. The van der Waals surface area contributed by atoms with Crippen LogP contribution in [0.5, 0.6) is 0 Å². The number of nitrogens with zero attached hydrogens (tertiary/aromatic N) is 1. The van der Waals surface area contributed by atoms with Gasteiger partial charge in [0.2, 0.25) is 0 Å². The number of halogens is 5. The Labute approximate surface area is 119 Å². The second-order valence-corrected chi connectivity index (χ2v) is 4.55. The molecule has 0 fully saturated rings. The van der Waals surface area contributed by atoms with E-state index in [2.05, 4.69) is 0 Å². The minimum Gasteiger partial charge on any atom is -0.337 e. The standard InChI is InChI=1S/C13H14ClF4NO/c1-2-6-19(7-5-14)12(20)10-8-9(13(16,17)18)3-4-11(10)15/h3-4,8H,2,5-7H2,1H3. The van der Waals surface area contributed by atoms with E-state index >= 15 is 0 Å². The normalized spacial score (nSPS) is 11.5. The molecule has 0 aliphatic carbocycles. The van der Waals surface area contributed by atoms with Crippen LogP contribution < -0.4 is 0 Å². The molecule has 0 bridgehead atoms. The molecular formula is C13H14ClF4NO. The Balaban J connectivity index is 3.13. The second kappa shape index (κ2) is 6.92. The summed E-state index contributed by atoms with van der Waals surface area (Å²) < 4.78 is 51.4. The lowest BCUT2D eigenvalue weighted by Crippen LogP contribution is -2.34. The summed E-state index contributed by atoms with van der Waals surface area (Å²) in [6, 6.07) is 1.80. The van der Waals surface area contributed by atoms with Crippen LogP contribution in [0.2, 0.25) is 0 Å². The molecule has 7 heteroatoms. The molecule has 1 aromatic carbocycles. The highest BCUT2D eigenvalue weighted by molar-refractivity contribution is 6.18. The number of benzene rings is 1. The van der Waals surface area contributed by atoms with Gasteiger partial charge >= 0.3 is 6.18 Å². The minimum absolute atomic E-state index is 0.131. The van der Waals surface area contributed by atoms with Gasteiger partial charge in [-0.1, -0.05) is 6.92 Å². The first-order chi connectivity index (χ1) is 9.31. The average molecular weight is 312 g/mol. The maximum Gasteiger partial charge on any atom is 0.416 e. The molecular weight excluding hydrogens is 298 g/mol. The second-order valence-electron chi connectivity index (χ2n) is 4.17. The summed E-state index contributed by atoms with van der Waals surface area (Å²) >= 11 is 5.54. The fourth-order valence-corrected chi connectivity index (χ4v) is 1.93. The van der Waals surface area contributed by atoms with E-state index in [-0.39, 0.29) is 12.4 Å². The van der Waals surface area contributed by atoms with Gasteiger partial charge in [0.25, 0.3) is 5.91 Å². The topological polar surface area (TPSA) is 20.3 Å². The Kier molecular flexibility index (Phi) is 5.80. The van der Waals surface area contributed by atoms with Crippen molar-refractivity contribution in [2.24, 2.45) is 0 Å². The van der Waals surface area contributed by atoms with Crippen molar-refractivity contribution in [2.75, 3.05) is 19.0 Å². The lowest BCUT2D eigenvalue weighted by Gasteiger charge is -2.21. The van der Waals surface area contributed by atoms with Crippen LogP contribution in [0.1, 0.15) is 29.3 Å². The molecule has 0 unspecified atom stereocenters. The molecule has 1 aromatic rings. The third-order valence-corrected chi connectivity index (χ3v) is 2.83. The molecule has 1 amide bonds. The van der Waals surface area contributed by atoms with Gasteiger partial charge in [0.05, 0.1) is 11.1 Å². The summed E-state index contributed by atoms with van der Waals surface area (Å²) in [6.07, 6.45) is -4.02. The molecule has 0 aliphatic heterocycles. The Morgan fingerprint density at radius 2 is 1.95 bits per heavy atom. The summed E-state index contributed by atoms with van der Waals surface area (Å²) in [5, 5.41) is 0. The van der Waals surface area contributed by atoms with Gasteiger partial charge in [-0.05, 0) is 24.6 Å². The first-order valence-electron chi connectivity index (χ1n) is 6.03. The van der Waals surface area contributed by atoms with Gasteiger partial charge < -0.3 is 4.90 Å². The van der Waals surface area contributed by atoms with Crippen molar-refractivity contribution in [1.29, 1.82) is 0 Å². The van der Waals surface area contributed by atoms with E-state index in [1.165, 1.54) is 4.90 Å². The summed E-state index contributed by atoms with van der Waals surface area (Å²) in [4.78, 5) is 13.3. The zero-order valence-electron chi connectivity index (χ0n) is 10.8. The van der Waals surface area contributed by atoms with Gasteiger partial charge in [0.15, 0.2) is 0 Å². The molecule has 20 heavy (non-hydrogen) atoms. The number of amides is 1. The van der Waals surface area contributed by atoms with E-state index in [9.17, 15) is 22.4 Å². The van der Waals surface area contributed by atoms with Gasteiger partial charge in [-0.15, -0.1) is 11.6 Å². The predicted molar refractivity (Wildman–Crippen MR) is 68.3 cm³/mol. The predicted octanol–water partition coefficient (Wildman–Crippen LogP) is 3.94. The fourth-order valence-electron chi connectivity index (χ4n) is 1.72. The first kappa shape index (κ1) is 16.8. The number of alkyl halides is 4. The van der Waals surface area contributed by atoms with Gasteiger partial charge in [0.1, 0.15) is 5.82 Å². The molecule has 0 spiro atoms. The highest BCUT2D eigenvalue weighted by Crippen LogP contribution is 2.30. The highest BCUT2D eigenvalue weighted by Gasteiger charge is 2.32. The highest BCUT2D eigenvalue weighted by atomic mass is 35.5. The zero-order chi connectivity index (χ0) is 15.3. The van der Waals surface area contributed by atoms with Crippen LogP contribution in [0.25, 0.3) is 0 Å². The van der Waals surface area contributed by atoms with Gasteiger partial charge in [0, 0.05) is 19.0 Å². The quantitative estimate of drug-likeness (QED) is 0.596. The molecule has 1 rings (SSSR count). The average Bonchev–Trinajstić information content (AvgIpc) is 2.37. The largest absolute Gasteiger partial charge is 0.416 e. The van der Waals surface area contributed by atoms with Crippen LogP contribution in [-0.2, 0) is 6.18 Å². The molecule has 0 saturated carbocycles. The van der Waals surface area contributed by atoms with Crippen molar-refractivity contribution in [1.82, 2.24) is 4.90 Å². The lowest BCUT2D eigenvalue weighted by molar-refractivity contribution is -0.137. The summed E-state index contributed by atoms with van der Waals surface area (Å²) in [5.74, 6) is -1.62. The minimum atomic E-state index is -4.62. The molecule has 0 aromatic heterocycles. The van der Waals surface area contributed by atoms with Crippen LogP contribution >= 0.6 is 11.6 Å². The molecule has 112 valence electrons. The van der Waals surface area contributed by atoms with Crippen molar-refractivity contribution in [2.45, 2.75) is 19.5 Å². The molecule has 2 nitrogen and oxygen atoms in total. The molecule has 0 aliphatic rings. The third-order valence-electron chi connectivity index (χ3n) is 2.66. The molecule has 0 N–H and O–H groups in total. The van der Waals surface area contributed by atoms with Crippen molar-refractivity contribution in [3.63, 3.8) is 0 Å². The number of carbonyl (C=O) groups is 1. The Morgan fingerprint density at radius 1 is 1.30 bits per heavy atom. The van der Waals surface area contributed by atoms with Gasteiger partial charge in [-0.3, -0.25) is 4.79 Å². The Hall–Kier alpha value is -1.30. The van der Waals surface area contributed by atoms with E-state index < -0.39 is 29.0 Å². The van der Waals surface area contributed by atoms with Crippen LogP contribution in [0.15, 0.2) is 18.2 Å². The van der Waals surface area contributed by atoms with Crippen LogP contribution in [-0.4, -0.2) is 29.8 Å². The monoisotopic (exact) mass is 311 g/mol. The van der Waals surface area contributed by atoms with Crippen LogP contribution in [0, 0.1) is 5.82 Å². The van der Waals surface area contributed by atoms with E-state index in [4.69, 9.17) is 11.6 Å². The fraction of sp³-hybridized carbons (Fsp3) is 0.462. The summed E-state index contributed by atoms with van der Waals surface area (Å²) in [7, 11) is 0. The third kappa shape index (κ3) is 4.10. The SMILES string of the molecule is CCCN(CCCl)C(=O)c1cc(C(F)(F)F)ccc1F. The zero-order valence-corrected chi connectivity index (χ0v) is 11.6. The van der Waals surface area contributed by atoms with Gasteiger partial charge in [-0.25, -0.2) is 4.39 Å². The first-order valence-corrected chi connectivity index (χ1v) is 6.56. The summed E-state index contributed by atoms with van der Waals surface area (Å²) in [5.41, 5.74) is -1.64. The smallest absolute Gasteiger partial charge is 0.337 e. The van der Waals surface area contributed by atoms with Crippen molar-refractivity contribution < 1.29 is 22.4 Å². The molecule has 0 heterocycles. The van der Waals surface area contributed by atoms with Crippen LogP contribution in [0.4, 0.5) is 17.6 Å². The van der Waals surface area contributed by atoms with Crippen molar-refractivity contribution in [3.8, 4) is 0 Å². The number of hydrogen-bond donors (Lipinski definition) is 0.